The lowest BCUT2D eigenvalue weighted by Crippen LogP contribution is -2.65. The fourth-order valence-electron chi connectivity index (χ4n) is 7.57. The average Bonchev–Trinajstić information content (AvgIpc) is 3.25. The van der Waals surface area contributed by atoms with E-state index in [1.54, 1.807) is 16.8 Å². The molecule has 1 aromatic rings. The first-order valence-corrected chi connectivity index (χ1v) is 15.2. The van der Waals surface area contributed by atoms with Crippen molar-refractivity contribution in [2.24, 2.45) is 17.3 Å². The third-order valence-corrected chi connectivity index (χ3v) is 9.99. The molecule has 0 unspecified atom stereocenters. The number of amides is 3. The lowest BCUT2D eigenvalue weighted by atomic mass is 9.43. The van der Waals surface area contributed by atoms with Gasteiger partial charge in [0.2, 0.25) is 0 Å². The van der Waals surface area contributed by atoms with Crippen LogP contribution in [-0.2, 0) is 20.5 Å². The molecule has 0 spiro atoms. The van der Waals surface area contributed by atoms with Crippen LogP contribution in [0.15, 0.2) is 30.3 Å². The van der Waals surface area contributed by atoms with Crippen molar-refractivity contribution >= 4 is 19.2 Å². The van der Waals surface area contributed by atoms with E-state index in [0.29, 0.717) is 31.3 Å². The predicted octanol–water partition coefficient (Wildman–Crippen LogP) is 5.30. The predicted molar refractivity (Wildman–Crippen MR) is 156 cm³/mol. The SMILES string of the molecule is CN(C[C@H]1CCCCN1C(=O)OC(C)(C)C)C(=O)N[C@@H](Cc1ccccc1)B1O[C@@H]2C[C@@H]3C[C@@H](C3(C)C)[C@]2(C)O1. The van der Waals surface area contributed by atoms with E-state index in [4.69, 9.17) is 14.0 Å². The molecule has 3 aliphatic carbocycles. The Kier molecular flexibility index (Phi) is 7.94. The Morgan fingerprint density at radius 1 is 1.18 bits per heavy atom. The zero-order valence-corrected chi connectivity index (χ0v) is 25.4. The highest BCUT2D eigenvalue weighted by Gasteiger charge is 2.68. The first-order chi connectivity index (χ1) is 18.8. The van der Waals surface area contributed by atoms with Crippen molar-refractivity contribution in [1.82, 2.24) is 15.1 Å². The van der Waals surface area contributed by atoms with Gasteiger partial charge in [-0.2, -0.15) is 0 Å². The number of hydrogen-bond acceptors (Lipinski definition) is 5. The van der Waals surface area contributed by atoms with E-state index in [1.807, 2.05) is 39.0 Å². The van der Waals surface area contributed by atoms with Gasteiger partial charge >= 0.3 is 19.2 Å². The van der Waals surface area contributed by atoms with Crippen molar-refractivity contribution in [3.8, 4) is 0 Å². The van der Waals surface area contributed by atoms with Crippen molar-refractivity contribution in [2.45, 2.75) is 109 Å². The number of nitrogens with zero attached hydrogens (tertiary/aromatic N) is 2. The van der Waals surface area contributed by atoms with Gasteiger partial charge in [0.15, 0.2) is 0 Å². The van der Waals surface area contributed by atoms with Gasteiger partial charge in [0.1, 0.15) is 5.60 Å². The van der Waals surface area contributed by atoms with Gasteiger partial charge in [0.25, 0.3) is 0 Å². The summed E-state index contributed by atoms with van der Waals surface area (Å²) < 4.78 is 19.0. The molecule has 220 valence electrons. The van der Waals surface area contributed by atoms with Crippen LogP contribution in [0.5, 0.6) is 0 Å². The number of nitrogens with one attached hydrogen (secondary N) is 1. The van der Waals surface area contributed by atoms with E-state index >= 15 is 0 Å². The van der Waals surface area contributed by atoms with Gasteiger partial charge in [-0.1, -0.05) is 44.2 Å². The van der Waals surface area contributed by atoms with Crippen molar-refractivity contribution in [1.29, 1.82) is 0 Å². The second-order valence-electron chi connectivity index (χ2n) is 14.3. The fourth-order valence-corrected chi connectivity index (χ4v) is 7.57. The molecule has 2 bridgehead atoms. The number of ether oxygens (including phenoxy) is 1. The maximum absolute atomic E-state index is 13.6. The van der Waals surface area contributed by atoms with Crippen LogP contribution in [0.3, 0.4) is 0 Å². The van der Waals surface area contributed by atoms with Gasteiger partial charge in [0.05, 0.1) is 23.7 Å². The summed E-state index contributed by atoms with van der Waals surface area (Å²) in [5.41, 5.74) is 0.472. The summed E-state index contributed by atoms with van der Waals surface area (Å²) in [4.78, 5) is 30.0. The van der Waals surface area contributed by atoms with Crippen molar-refractivity contribution in [3.63, 3.8) is 0 Å². The molecule has 8 nitrogen and oxygen atoms in total. The van der Waals surface area contributed by atoms with E-state index in [-0.39, 0.29) is 41.2 Å². The van der Waals surface area contributed by atoms with Crippen LogP contribution >= 0.6 is 0 Å². The first kappa shape index (κ1) is 29.2. The molecule has 2 heterocycles. The van der Waals surface area contributed by atoms with Crippen LogP contribution in [0.25, 0.3) is 0 Å². The molecule has 2 aliphatic heterocycles. The molecular formula is C31H48BN3O5. The normalized spacial score (nSPS) is 31.6. The van der Waals surface area contributed by atoms with Crippen LogP contribution in [0.4, 0.5) is 9.59 Å². The Bertz CT molecular complexity index is 1080. The molecule has 5 aliphatic rings. The number of carbonyl (C=O) groups is 2. The van der Waals surface area contributed by atoms with Crippen LogP contribution < -0.4 is 5.32 Å². The Morgan fingerprint density at radius 2 is 1.90 bits per heavy atom. The minimum absolute atomic E-state index is 0.0480. The zero-order valence-electron chi connectivity index (χ0n) is 25.4. The van der Waals surface area contributed by atoms with Crippen molar-refractivity contribution in [2.75, 3.05) is 20.1 Å². The number of likely N-dealkylation sites (tertiary alicyclic amines) is 1. The topological polar surface area (TPSA) is 80.3 Å². The van der Waals surface area contributed by atoms with E-state index in [9.17, 15) is 9.59 Å². The monoisotopic (exact) mass is 553 g/mol. The Hall–Kier alpha value is -2.26. The van der Waals surface area contributed by atoms with Gasteiger partial charge in [-0.25, -0.2) is 9.59 Å². The molecule has 1 aromatic carbocycles. The summed E-state index contributed by atoms with van der Waals surface area (Å²) in [6.07, 6.45) is 5.35. The lowest BCUT2D eigenvalue weighted by molar-refractivity contribution is -0.199. The summed E-state index contributed by atoms with van der Waals surface area (Å²) in [6, 6.07) is 9.92. The highest BCUT2D eigenvalue weighted by molar-refractivity contribution is 6.48. The Balaban J connectivity index is 1.27. The largest absolute Gasteiger partial charge is 0.482 e. The highest BCUT2D eigenvalue weighted by Crippen LogP contribution is 2.65. The smallest absolute Gasteiger partial charge is 0.444 e. The summed E-state index contributed by atoms with van der Waals surface area (Å²) in [5, 5.41) is 3.26. The fraction of sp³-hybridized carbons (Fsp3) is 0.742. The summed E-state index contributed by atoms with van der Waals surface area (Å²) >= 11 is 0. The molecule has 6 atom stereocenters. The van der Waals surface area contributed by atoms with Crippen LogP contribution in [0.1, 0.15) is 79.2 Å². The number of hydrogen-bond donors (Lipinski definition) is 1. The third kappa shape index (κ3) is 5.73. The van der Waals surface area contributed by atoms with Crippen LogP contribution in [-0.4, -0.2) is 78.5 Å². The zero-order chi connectivity index (χ0) is 28.9. The van der Waals surface area contributed by atoms with Crippen molar-refractivity contribution in [3.05, 3.63) is 35.9 Å². The lowest BCUT2D eigenvalue weighted by Gasteiger charge is -2.64. The van der Waals surface area contributed by atoms with Gasteiger partial charge in [0, 0.05) is 20.1 Å². The maximum atomic E-state index is 13.6. The second-order valence-corrected chi connectivity index (χ2v) is 14.3. The molecule has 0 aromatic heterocycles. The second kappa shape index (κ2) is 10.9. The van der Waals surface area contributed by atoms with E-state index in [1.165, 1.54) is 6.42 Å². The molecule has 3 saturated carbocycles. The number of rotatable bonds is 6. The first-order valence-electron chi connectivity index (χ1n) is 15.2. The average molecular weight is 554 g/mol. The minimum atomic E-state index is -0.558. The molecule has 3 amide bonds. The standard InChI is InChI=1S/C31H48BN3O5/c1-29(2,3)38-28(37)35-16-12-11-15-23(35)20-34(7)27(36)33-26(17-21-13-9-8-10-14-21)32-39-25-19-22-18-24(30(22,4)5)31(25,6)40-32/h8-10,13-14,22-26H,11-12,15-20H2,1-7H3,(H,33,36)/t22-,23+,24-,25+,26-,31-/m0/s1. The van der Waals surface area contributed by atoms with Crippen LogP contribution in [0.2, 0.25) is 0 Å². The summed E-state index contributed by atoms with van der Waals surface area (Å²) in [5.74, 6) is 0.776. The summed E-state index contributed by atoms with van der Waals surface area (Å²) in [7, 11) is 1.28. The Morgan fingerprint density at radius 3 is 2.58 bits per heavy atom. The van der Waals surface area contributed by atoms with Gasteiger partial charge in [-0.15, -0.1) is 0 Å². The molecule has 40 heavy (non-hydrogen) atoms. The number of urea groups is 1. The Labute approximate surface area is 240 Å². The molecule has 5 fully saturated rings. The quantitative estimate of drug-likeness (QED) is 0.484. The highest BCUT2D eigenvalue weighted by atomic mass is 16.7. The third-order valence-electron chi connectivity index (χ3n) is 9.99. The van der Waals surface area contributed by atoms with Gasteiger partial charge < -0.3 is 29.2 Å². The molecular weight excluding hydrogens is 505 g/mol. The van der Waals surface area contributed by atoms with Crippen molar-refractivity contribution < 1.29 is 23.6 Å². The van der Waals surface area contributed by atoms with E-state index < -0.39 is 12.7 Å². The van der Waals surface area contributed by atoms with Crippen LogP contribution in [0, 0.1) is 17.3 Å². The van der Waals surface area contributed by atoms with Gasteiger partial charge in [-0.3, -0.25) is 0 Å². The van der Waals surface area contributed by atoms with Gasteiger partial charge in [-0.05, 0) is 89.0 Å². The number of likely N-dealkylation sites (N-methyl/N-ethyl adjacent to an activating group) is 1. The minimum Gasteiger partial charge on any atom is -0.444 e. The molecule has 2 saturated heterocycles. The molecule has 6 rings (SSSR count). The summed E-state index contributed by atoms with van der Waals surface area (Å²) in [6.45, 7) is 13.6. The number of piperidine rings is 1. The molecule has 0 radical (unpaired) electrons. The maximum Gasteiger partial charge on any atom is 0.482 e. The number of carbonyl (C=O) groups excluding carboxylic acids is 2. The van der Waals surface area contributed by atoms with E-state index in [0.717, 1.165) is 31.2 Å². The molecule has 9 heteroatoms. The van der Waals surface area contributed by atoms with E-state index in [2.05, 4.69) is 38.2 Å². The molecule has 1 N–H and O–H groups in total. The number of benzene rings is 1.